The number of nitrogens with one attached hydrogen (secondary N) is 2. The van der Waals surface area contributed by atoms with Crippen molar-refractivity contribution < 1.29 is 9.13 Å². The second kappa shape index (κ2) is 7.17. The van der Waals surface area contributed by atoms with Crippen molar-refractivity contribution in [1.82, 2.24) is 15.3 Å². The highest BCUT2D eigenvalue weighted by Gasteiger charge is 2.19. The third-order valence-electron chi connectivity index (χ3n) is 4.63. The van der Waals surface area contributed by atoms with E-state index in [1.54, 1.807) is 13.2 Å². The number of benzene rings is 1. The first kappa shape index (κ1) is 18.5. The Labute approximate surface area is 155 Å². The highest BCUT2D eigenvalue weighted by Crippen LogP contribution is 2.29. The monoisotopic (exact) mass is 375 g/mol. The van der Waals surface area contributed by atoms with Gasteiger partial charge in [-0.2, -0.15) is 0 Å². The molecular weight excluding hydrogens is 353 g/mol. The van der Waals surface area contributed by atoms with Crippen molar-refractivity contribution in [2.75, 3.05) is 7.11 Å². The highest BCUT2D eigenvalue weighted by molar-refractivity contribution is 7.18. The molecular formula is C19H22FN3O2S. The average molecular weight is 375 g/mol. The summed E-state index contributed by atoms with van der Waals surface area (Å²) in [5.74, 6) is 0.852. The number of aromatic nitrogens is 2. The standard InChI is InChI=1S/C19H22FN3O2S/c1-9-12(4)26-19-16(9)18(24)22-17(23-19)11(3)21-10(2)14-8-13(20)6-7-15(14)25-5/h6-8,10-11,21H,1-5H3,(H,22,23,24)/t10-,11-/m0/s1. The molecule has 0 aliphatic heterocycles. The number of hydrogen-bond donors (Lipinski definition) is 2. The highest BCUT2D eigenvalue weighted by atomic mass is 32.1. The summed E-state index contributed by atoms with van der Waals surface area (Å²) in [6, 6.07) is 4.01. The zero-order valence-electron chi connectivity index (χ0n) is 15.4. The van der Waals surface area contributed by atoms with Gasteiger partial charge in [-0.25, -0.2) is 9.37 Å². The van der Waals surface area contributed by atoms with Crippen LogP contribution in [0, 0.1) is 19.7 Å². The van der Waals surface area contributed by atoms with Gasteiger partial charge < -0.3 is 15.0 Å². The van der Waals surface area contributed by atoms with Crippen molar-refractivity contribution in [3.05, 3.63) is 56.2 Å². The number of thiophene rings is 1. The molecule has 3 rings (SSSR count). The Kier molecular flexibility index (Phi) is 5.11. The second-order valence-electron chi connectivity index (χ2n) is 6.41. The zero-order valence-corrected chi connectivity index (χ0v) is 16.3. The smallest absolute Gasteiger partial charge is 0.259 e. The van der Waals surface area contributed by atoms with Crippen molar-refractivity contribution in [2.45, 2.75) is 39.8 Å². The maximum Gasteiger partial charge on any atom is 0.259 e. The van der Waals surface area contributed by atoms with Crippen molar-refractivity contribution in [2.24, 2.45) is 0 Å². The van der Waals surface area contributed by atoms with Crippen LogP contribution in [0.2, 0.25) is 0 Å². The number of aryl methyl sites for hydroxylation is 2. The Morgan fingerprint density at radius 3 is 2.69 bits per heavy atom. The molecule has 5 nitrogen and oxygen atoms in total. The van der Waals surface area contributed by atoms with Gasteiger partial charge in [-0.3, -0.25) is 4.79 Å². The fraction of sp³-hybridized carbons (Fsp3) is 0.368. The van der Waals surface area contributed by atoms with E-state index in [1.807, 2.05) is 27.7 Å². The van der Waals surface area contributed by atoms with Crippen molar-refractivity contribution >= 4 is 21.6 Å². The molecule has 0 saturated heterocycles. The van der Waals surface area contributed by atoms with Crippen LogP contribution < -0.4 is 15.6 Å². The van der Waals surface area contributed by atoms with Crippen LogP contribution in [0.3, 0.4) is 0 Å². The molecule has 2 aromatic heterocycles. The molecule has 26 heavy (non-hydrogen) atoms. The van der Waals surface area contributed by atoms with Crippen LogP contribution in [0.15, 0.2) is 23.0 Å². The number of rotatable bonds is 5. The lowest BCUT2D eigenvalue weighted by Gasteiger charge is -2.21. The first-order valence-corrected chi connectivity index (χ1v) is 9.22. The van der Waals surface area contributed by atoms with E-state index in [4.69, 9.17) is 4.74 Å². The summed E-state index contributed by atoms with van der Waals surface area (Å²) < 4.78 is 19.0. The third kappa shape index (κ3) is 3.37. The SMILES string of the molecule is COc1ccc(F)cc1[C@H](C)N[C@@H](C)c1nc2sc(C)c(C)c2c(=O)[nH]1. The minimum atomic E-state index is -0.320. The van der Waals surface area contributed by atoms with E-state index in [9.17, 15) is 9.18 Å². The van der Waals surface area contributed by atoms with Gasteiger partial charge in [-0.15, -0.1) is 11.3 Å². The van der Waals surface area contributed by atoms with Crippen LogP contribution in [0.1, 0.15) is 47.8 Å². The molecule has 0 unspecified atom stereocenters. The normalized spacial score (nSPS) is 13.8. The molecule has 1 aromatic carbocycles. The van der Waals surface area contributed by atoms with Gasteiger partial charge in [0.2, 0.25) is 0 Å². The number of hydrogen-bond acceptors (Lipinski definition) is 5. The van der Waals surface area contributed by atoms with E-state index in [0.29, 0.717) is 22.5 Å². The van der Waals surface area contributed by atoms with Gasteiger partial charge in [-0.1, -0.05) is 0 Å². The topological polar surface area (TPSA) is 67.0 Å². The number of aromatic amines is 1. The number of H-pyrrole nitrogens is 1. The number of halogens is 1. The maximum atomic E-state index is 13.6. The minimum absolute atomic E-state index is 0.128. The Morgan fingerprint density at radius 1 is 1.27 bits per heavy atom. The average Bonchev–Trinajstić information content (AvgIpc) is 2.89. The van der Waals surface area contributed by atoms with Gasteiger partial charge in [0.15, 0.2) is 0 Å². The van der Waals surface area contributed by atoms with Crippen molar-refractivity contribution in [1.29, 1.82) is 0 Å². The predicted octanol–water partition coefficient (Wildman–Crippen LogP) is 4.16. The largest absolute Gasteiger partial charge is 0.496 e. The number of fused-ring (bicyclic) bond motifs is 1. The summed E-state index contributed by atoms with van der Waals surface area (Å²) in [6.07, 6.45) is 0. The number of ether oxygens (including phenoxy) is 1. The third-order valence-corrected chi connectivity index (χ3v) is 5.73. The number of methoxy groups -OCH3 is 1. The summed E-state index contributed by atoms with van der Waals surface area (Å²) in [6.45, 7) is 7.76. The lowest BCUT2D eigenvalue weighted by molar-refractivity contribution is 0.393. The summed E-state index contributed by atoms with van der Waals surface area (Å²) in [5, 5.41) is 4.01. The molecule has 2 atom stereocenters. The van der Waals surface area contributed by atoms with Gasteiger partial charge in [0.05, 0.1) is 18.5 Å². The Hall–Kier alpha value is -2.25. The Bertz CT molecular complexity index is 1010. The lowest BCUT2D eigenvalue weighted by atomic mass is 10.1. The molecule has 0 saturated carbocycles. The molecule has 0 amide bonds. The van der Waals surface area contributed by atoms with Crippen LogP contribution in [-0.4, -0.2) is 17.1 Å². The molecule has 0 bridgehead atoms. The van der Waals surface area contributed by atoms with E-state index >= 15 is 0 Å². The van der Waals surface area contributed by atoms with E-state index in [0.717, 1.165) is 15.3 Å². The molecule has 0 aliphatic carbocycles. The van der Waals surface area contributed by atoms with Gasteiger partial charge in [0, 0.05) is 16.5 Å². The maximum absolute atomic E-state index is 13.6. The molecule has 138 valence electrons. The van der Waals surface area contributed by atoms with Crippen LogP contribution in [0.25, 0.3) is 10.2 Å². The van der Waals surface area contributed by atoms with E-state index in [1.165, 1.54) is 23.5 Å². The molecule has 0 spiro atoms. The Morgan fingerprint density at radius 2 is 2.00 bits per heavy atom. The van der Waals surface area contributed by atoms with Crippen LogP contribution >= 0.6 is 11.3 Å². The molecule has 2 heterocycles. The van der Waals surface area contributed by atoms with Crippen LogP contribution in [0.4, 0.5) is 4.39 Å². The summed E-state index contributed by atoms with van der Waals surface area (Å²) in [7, 11) is 1.56. The number of nitrogens with zero attached hydrogens (tertiary/aromatic N) is 1. The molecule has 0 aliphatic rings. The van der Waals surface area contributed by atoms with Crippen molar-refractivity contribution in [3.63, 3.8) is 0 Å². The molecule has 3 aromatic rings. The molecule has 2 N–H and O–H groups in total. The summed E-state index contributed by atoms with van der Waals surface area (Å²) >= 11 is 1.52. The quantitative estimate of drug-likeness (QED) is 0.703. The first-order valence-electron chi connectivity index (χ1n) is 8.41. The van der Waals surface area contributed by atoms with Crippen LogP contribution in [-0.2, 0) is 0 Å². The van der Waals surface area contributed by atoms with Crippen LogP contribution in [0.5, 0.6) is 5.75 Å². The Balaban J connectivity index is 1.91. The van der Waals surface area contributed by atoms with Crippen molar-refractivity contribution in [3.8, 4) is 5.75 Å². The van der Waals surface area contributed by atoms with Gasteiger partial charge in [0.25, 0.3) is 5.56 Å². The van der Waals surface area contributed by atoms with Gasteiger partial charge in [-0.05, 0) is 51.5 Å². The summed E-state index contributed by atoms with van der Waals surface area (Å²) in [4.78, 5) is 21.8. The van der Waals surface area contributed by atoms with E-state index in [2.05, 4.69) is 15.3 Å². The predicted molar refractivity (Wildman–Crippen MR) is 103 cm³/mol. The van der Waals surface area contributed by atoms with E-state index in [-0.39, 0.29) is 23.5 Å². The lowest BCUT2D eigenvalue weighted by Crippen LogP contribution is -2.26. The summed E-state index contributed by atoms with van der Waals surface area (Å²) in [5.41, 5.74) is 1.56. The van der Waals surface area contributed by atoms with E-state index < -0.39 is 0 Å². The minimum Gasteiger partial charge on any atom is -0.496 e. The zero-order chi connectivity index (χ0) is 19.0. The second-order valence-corrected chi connectivity index (χ2v) is 7.61. The molecule has 0 fully saturated rings. The fourth-order valence-electron chi connectivity index (χ4n) is 3.06. The van der Waals surface area contributed by atoms with Gasteiger partial charge in [0.1, 0.15) is 22.2 Å². The molecule has 0 radical (unpaired) electrons. The van der Waals surface area contributed by atoms with Gasteiger partial charge >= 0.3 is 0 Å². The molecule has 7 heteroatoms. The first-order chi connectivity index (χ1) is 12.3. The fourth-order valence-corrected chi connectivity index (χ4v) is 4.10.